The number of carbonyl (C=O) groups is 1. The summed E-state index contributed by atoms with van der Waals surface area (Å²) in [5, 5.41) is 0.748. The highest BCUT2D eigenvalue weighted by molar-refractivity contribution is 7.92. The lowest BCUT2D eigenvalue weighted by atomic mass is 10.1. The van der Waals surface area contributed by atoms with Gasteiger partial charge in [0.1, 0.15) is 11.1 Å². The van der Waals surface area contributed by atoms with Crippen molar-refractivity contribution in [2.24, 2.45) is 0 Å². The molecule has 0 saturated heterocycles. The molecule has 0 fully saturated rings. The number of para-hydroxylation sites is 1. The SMILES string of the molecule is CCS(=O)(=O)N1CCc2cc(C(=O)Cn3cnc4c(oc5ccccc54)c3=O)ccc21. The van der Waals surface area contributed by atoms with Crippen LogP contribution in [0.5, 0.6) is 0 Å². The second-order valence-corrected chi connectivity index (χ2v) is 9.62. The van der Waals surface area contributed by atoms with Crippen molar-refractivity contribution in [3.63, 3.8) is 0 Å². The van der Waals surface area contributed by atoms with E-state index in [0.717, 1.165) is 10.9 Å². The summed E-state index contributed by atoms with van der Waals surface area (Å²) in [6, 6.07) is 12.2. The lowest BCUT2D eigenvalue weighted by Gasteiger charge is -2.18. The first kappa shape index (κ1) is 19.5. The summed E-state index contributed by atoms with van der Waals surface area (Å²) < 4.78 is 32.8. The fourth-order valence-corrected chi connectivity index (χ4v) is 5.12. The number of hydrogen-bond donors (Lipinski definition) is 0. The highest BCUT2D eigenvalue weighted by Crippen LogP contribution is 2.31. The number of benzene rings is 2. The fraction of sp³-hybridized carbons (Fsp3) is 0.227. The van der Waals surface area contributed by atoms with E-state index in [2.05, 4.69) is 4.98 Å². The minimum Gasteiger partial charge on any atom is -0.448 e. The van der Waals surface area contributed by atoms with E-state index in [-0.39, 0.29) is 23.7 Å². The summed E-state index contributed by atoms with van der Waals surface area (Å²) in [5.74, 6) is -0.244. The van der Waals surface area contributed by atoms with Crippen molar-refractivity contribution >= 4 is 43.6 Å². The maximum Gasteiger partial charge on any atom is 0.297 e. The Bertz CT molecular complexity index is 1520. The molecule has 5 rings (SSSR count). The van der Waals surface area contributed by atoms with Crippen molar-refractivity contribution in [1.82, 2.24) is 9.55 Å². The minimum absolute atomic E-state index is 0.0211. The van der Waals surface area contributed by atoms with Gasteiger partial charge in [-0.3, -0.25) is 18.5 Å². The molecule has 4 aromatic rings. The average Bonchev–Trinajstić information content (AvgIpc) is 3.37. The van der Waals surface area contributed by atoms with Crippen LogP contribution in [0.2, 0.25) is 0 Å². The van der Waals surface area contributed by atoms with Gasteiger partial charge in [-0.15, -0.1) is 0 Å². The van der Waals surface area contributed by atoms with Gasteiger partial charge in [0.15, 0.2) is 5.78 Å². The number of aromatic nitrogens is 2. The third kappa shape index (κ3) is 3.12. The number of fused-ring (bicyclic) bond motifs is 4. The number of rotatable bonds is 5. The van der Waals surface area contributed by atoms with E-state index in [1.165, 1.54) is 15.2 Å². The first-order chi connectivity index (χ1) is 14.9. The van der Waals surface area contributed by atoms with Crippen LogP contribution in [0, 0.1) is 0 Å². The normalized spacial score (nSPS) is 13.8. The molecule has 0 N–H and O–H groups in total. The number of anilines is 1. The number of hydrogen-bond acceptors (Lipinski definition) is 6. The van der Waals surface area contributed by atoms with Crippen LogP contribution in [-0.2, 0) is 23.0 Å². The number of carbonyl (C=O) groups excluding carboxylic acids is 1. The maximum absolute atomic E-state index is 12.9. The molecular weight excluding hydrogens is 418 g/mol. The maximum atomic E-state index is 12.9. The summed E-state index contributed by atoms with van der Waals surface area (Å²) >= 11 is 0. The largest absolute Gasteiger partial charge is 0.448 e. The van der Waals surface area contributed by atoms with Crippen molar-refractivity contribution in [1.29, 1.82) is 0 Å². The monoisotopic (exact) mass is 437 g/mol. The fourth-order valence-electron chi connectivity index (χ4n) is 3.96. The Morgan fingerprint density at radius 3 is 2.81 bits per heavy atom. The number of sulfonamides is 1. The second-order valence-electron chi connectivity index (χ2n) is 7.44. The topological polar surface area (TPSA) is 102 Å². The van der Waals surface area contributed by atoms with E-state index < -0.39 is 15.6 Å². The summed E-state index contributed by atoms with van der Waals surface area (Å²) in [6.07, 6.45) is 1.90. The van der Waals surface area contributed by atoms with E-state index in [4.69, 9.17) is 4.42 Å². The van der Waals surface area contributed by atoms with Gasteiger partial charge in [-0.1, -0.05) is 12.1 Å². The molecule has 0 saturated carbocycles. The van der Waals surface area contributed by atoms with E-state index in [1.54, 1.807) is 31.2 Å². The summed E-state index contributed by atoms with van der Waals surface area (Å²) in [7, 11) is -3.35. The van der Waals surface area contributed by atoms with Gasteiger partial charge in [-0.2, -0.15) is 0 Å². The molecule has 0 atom stereocenters. The highest BCUT2D eigenvalue weighted by Gasteiger charge is 2.28. The zero-order valence-corrected chi connectivity index (χ0v) is 17.6. The molecule has 2 aromatic heterocycles. The summed E-state index contributed by atoms with van der Waals surface area (Å²) in [5.41, 5.74) is 2.57. The number of furan rings is 1. The Morgan fingerprint density at radius 1 is 1.19 bits per heavy atom. The van der Waals surface area contributed by atoms with Crippen LogP contribution in [0.25, 0.3) is 22.1 Å². The van der Waals surface area contributed by atoms with Crippen LogP contribution in [0.4, 0.5) is 5.69 Å². The Balaban J connectivity index is 1.46. The van der Waals surface area contributed by atoms with Gasteiger partial charge >= 0.3 is 0 Å². The van der Waals surface area contributed by atoms with E-state index in [0.29, 0.717) is 35.3 Å². The third-order valence-corrected chi connectivity index (χ3v) is 7.40. The number of ketones is 1. The van der Waals surface area contributed by atoms with Crippen LogP contribution in [-0.4, -0.2) is 36.0 Å². The number of nitrogens with zero attached hydrogens (tertiary/aromatic N) is 3. The van der Waals surface area contributed by atoms with Crippen molar-refractivity contribution in [2.75, 3.05) is 16.6 Å². The lowest BCUT2D eigenvalue weighted by Crippen LogP contribution is -2.30. The predicted octanol–water partition coefficient (Wildman–Crippen LogP) is 2.74. The van der Waals surface area contributed by atoms with Gasteiger partial charge in [-0.25, -0.2) is 13.4 Å². The first-order valence-corrected chi connectivity index (χ1v) is 11.5. The highest BCUT2D eigenvalue weighted by atomic mass is 32.2. The predicted molar refractivity (Wildman–Crippen MR) is 117 cm³/mol. The molecule has 0 bridgehead atoms. The van der Waals surface area contributed by atoms with Crippen molar-refractivity contribution in [3.8, 4) is 0 Å². The van der Waals surface area contributed by atoms with Gasteiger partial charge in [0.25, 0.3) is 5.56 Å². The standard InChI is InChI=1S/C22H19N3O5S/c1-2-31(28,29)25-10-9-14-11-15(7-8-17(14)25)18(26)12-24-13-23-20-16-5-3-4-6-19(16)30-21(20)22(24)27/h3-8,11,13H,2,9-10,12H2,1H3. The van der Waals surface area contributed by atoms with Crippen molar-refractivity contribution in [3.05, 3.63) is 70.3 Å². The van der Waals surface area contributed by atoms with Crippen LogP contribution in [0.1, 0.15) is 22.8 Å². The molecule has 0 radical (unpaired) electrons. The van der Waals surface area contributed by atoms with Gasteiger partial charge in [-0.05, 0) is 49.2 Å². The molecule has 3 heterocycles. The molecule has 8 nitrogen and oxygen atoms in total. The Morgan fingerprint density at radius 2 is 2.00 bits per heavy atom. The van der Waals surface area contributed by atoms with Crippen molar-refractivity contribution < 1.29 is 17.6 Å². The Hall–Kier alpha value is -3.46. The smallest absolute Gasteiger partial charge is 0.297 e. The van der Waals surface area contributed by atoms with Gasteiger partial charge in [0, 0.05) is 17.5 Å². The first-order valence-electron chi connectivity index (χ1n) is 9.92. The molecule has 9 heteroatoms. The molecule has 1 aliphatic heterocycles. The third-order valence-electron chi connectivity index (χ3n) is 5.62. The number of Topliss-reactive ketones (excluding diaryl/α,β-unsaturated/α-hetero) is 1. The summed E-state index contributed by atoms with van der Waals surface area (Å²) in [6.45, 7) is 1.79. The van der Waals surface area contributed by atoms with Crippen LogP contribution >= 0.6 is 0 Å². The Labute approximate surface area is 177 Å². The van der Waals surface area contributed by atoms with Gasteiger partial charge in [0.05, 0.1) is 24.3 Å². The lowest BCUT2D eigenvalue weighted by molar-refractivity contribution is 0.0970. The van der Waals surface area contributed by atoms with Crippen LogP contribution in [0.15, 0.2) is 58.0 Å². The molecule has 158 valence electrons. The zero-order valence-electron chi connectivity index (χ0n) is 16.7. The molecule has 0 amide bonds. The van der Waals surface area contributed by atoms with Gasteiger partial charge in [0.2, 0.25) is 15.6 Å². The average molecular weight is 437 g/mol. The molecule has 0 spiro atoms. The van der Waals surface area contributed by atoms with E-state index in [1.807, 2.05) is 18.2 Å². The molecule has 0 unspecified atom stereocenters. The molecular formula is C22H19N3O5S. The molecule has 1 aliphatic rings. The quantitative estimate of drug-likeness (QED) is 0.445. The summed E-state index contributed by atoms with van der Waals surface area (Å²) in [4.78, 5) is 30.0. The Kier molecular flexibility index (Phi) is 4.44. The zero-order chi connectivity index (χ0) is 21.8. The van der Waals surface area contributed by atoms with Crippen LogP contribution in [0.3, 0.4) is 0 Å². The van der Waals surface area contributed by atoms with Gasteiger partial charge < -0.3 is 4.42 Å². The van der Waals surface area contributed by atoms with Crippen LogP contribution < -0.4 is 9.86 Å². The second kappa shape index (κ2) is 7.05. The van der Waals surface area contributed by atoms with E-state index >= 15 is 0 Å². The van der Waals surface area contributed by atoms with Crippen molar-refractivity contribution in [2.45, 2.75) is 19.9 Å². The molecule has 0 aliphatic carbocycles. The van der Waals surface area contributed by atoms with E-state index in [9.17, 15) is 18.0 Å². The molecule has 2 aromatic carbocycles. The molecule has 31 heavy (non-hydrogen) atoms. The minimum atomic E-state index is -3.35.